The summed E-state index contributed by atoms with van der Waals surface area (Å²) < 4.78 is 12.2. The third-order valence-electron chi connectivity index (χ3n) is 5.93. The molecule has 2 saturated heterocycles. The lowest BCUT2D eigenvalue weighted by molar-refractivity contribution is 0.212. The number of fused-ring (bicyclic) bond motifs is 1. The molecule has 5 heteroatoms. The fraction of sp³-hybridized carbons (Fsp3) is 0.280. The minimum Gasteiger partial charge on any atom is -0.317 e. The van der Waals surface area contributed by atoms with Crippen molar-refractivity contribution < 1.29 is 4.52 Å². The van der Waals surface area contributed by atoms with Crippen molar-refractivity contribution in [1.82, 2.24) is 4.67 Å². The van der Waals surface area contributed by atoms with Crippen LogP contribution in [0, 0.1) is 0 Å². The molecule has 1 unspecified atom stereocenters. The van der Waals surface area contributed by atoms with Crippen LogP contribution in [0.15, 0.2) is 91.0 Å². The average Bonchev–Trinajstić information content (AvgIpc) is 3.41. The van der Waals surface area contributed by atoms with E-state index >= 15 is 0 Å². The molecule has 0 saturated carbocycles. The minimum atomic E-state index is -0.874. The van der Waals surface area contributed by atoms with Gasteiger partial charge >= 0.3 is 0 Å². The van der Waals surface area contributed by atoms with Gasteiger partial charge in [0, 0.05) is 24.8 Å². The monoisotopic (exact) mass is 480 g/mol. The number of rotatable bonds is 6. The van der Waals surface area contributed by atoms with Crippen molar-refractivity contribution in [2.45, 2.75) is 29.8 Å². The molecule has 5 rings (SSSR count). The zero-order valence-corrected chi connectivity index (χ0v) is 19.3. The molecule has 0 amide bonds. The number of anilines is 1. The Bertz CT molecular complexity index is 943. The zero-order valence-electron chi connectivity index (χ0n) is 16.8. The van der Waals surface area contributed by atoms with Crippen molar-refractivity contribution >= 4 is 30.1 Å². The molecule has 0 bridgehead atoms. The quantitative estimate of drug-likeness (QED) is 0.276. The van der Waals surface area contributed by atoms with Crippen LogP contribution in [0.2, 0.25) is 0 Å². The molecule has 0 N–H and O–H groups in total. The summed E-state index contributed by atoms with van der Waals surface area (Å²) in [6.07, 6.45) is 2.46. The van der Waals surface area contributed by atoms with Crippen molar-refractivity contribution in [3.05, 3.63) is 102 Å². The summed E-state index contributed by atoms with van der Waals surface area (Å²) in [6, 6.07) is 32.6. The molecule has 4 atom stereocenters. The van der Waals surface area contributed by atoms with Gasteiger partial charge in [-0.2, -0.15) is 0 Å². The van der Waals surface area contributed by atoms with Crippen molar-refractivity contribution in [2.24, 2.45) is 0 Å². The Morgan fingerprint density at radius 1 is 0.833 bits per heavy atom. The van der Waals surface area contributed by atoms with Crippen LogP contribution < -0.4 is 4.67 Å². The lowest BCUT2D eigenvalue weighted by atomic mass is 10.0. The maximum atomic E-state index is 7.06. The summed E-state index contributed by atoms with van der Waals surface area (Å²) in [4.78, 5) is 0.0860. The van der Waals surface area contributed by atoms with Gasteiger partial charge in [0.05, 0.1) is 4.83 Å². The molecule has 30 heavy (non-hydrogen) atoms. The number of hydrogen-bond donors (Lipinski definition) is 0. The number of benzene rings is 3. The first-order chi connectivity index (χ1) is 14.8. The van der Waals surface area contributed by atoms with E-state index in [0.717, 1.165) is 13.1 Å². The zero-order chi connectivity index (χ0) is 20.3. The number of alkyl halides is 1. The third-order valence-corrected chi connectivity index (χ3v) is 9.13. The standard InChI is InChI=1S/C25H26BrN2OP/c26-24(20-11-4-1-5-12-20)25(21-13-6-2-7-14-21)29-30-27-18-10-17-23(27)19-28(30)22-15-8-3-9-16-22/h1-9,11-16,23-25H,10,17-19H2/t23-,24+,25+,30?/m0/s1. The summed E-state index contributed by atoms with van der Waals surface area (Å²) >= 11 is 3.99. The van der Waals surface area contributed by atoms with Crippen molar-refractivity contribution in [1.29, 1.82) is 0 Å². The highest BCUT2D eigenvalue weighted by molar-refractivity contribution is 9.09. The number of hydrogen-bond acceptors (Lipinski definition) is 3. The summed E-state index contributed by atoms with van der Waals surface area (Å²) in [7, 11) is -0.874. The van der Waals surface area contributed by atoms with Crippen LogP contribution in [0.25, 0.3) is 0 Å². The maximum Gasteiger partial charge on any atom is 0.219 e. The molecule has 2 aliphatic rings. The van der Waals surface area contributed by atoms with Crippen molar-refractivity contribution in [2.75, 3.05) is 17.8 Å². The van der Waals surface area contributed by atoms with Gasteiger partial charge in [0.15, 0.2) is 0 Å². The van der Waals surface area contributed by atoms with Crippen LogP contribution in [-0.4, -0.2) is 23.8 Å². The SMILES string of the molecule is Br[C@H](c1ccccc1)[C@H](OP1N(c2ccccc2)C[C@@H]2CCCN21)c1ccccc1. The van der Waals surface area contributed by atoms with E-state index in [2.05, 4.69) is 116 Å². The lowest BCUT2D eigenvalue weighted by Gasteiger charge is -2.34. The lowest BCUT2D eigenvalue weighted by Crippen LogP contribution is -2.21. The van der Waals surface area contributed by atoms with Gasteiger partial charge in [0.2, 0.25) is 8.45 Å². The molecule has 0 aromatic heterocycles. The van der Waals surface area contributed by atoms with Crippen LogP contribution in [0.3, 0.4) is 0 Å². The van der Waals surface area contributed by atoms with E-state index in [1.165, 1.54) is 29.7 Å². The second-order valence-corrected chi connectivity index (χ2v) is 10.6. The Balaban J connectivity index is 1.49. The first kappa shape index (κ1) is 20.2. The normalized spacial score (nSPS) is 23.3. The van der Waals surface area contributed by atoms with Crippen LogP contribution >= 0.6 is 24.4 Å². The molecule has 2 fully saturated rings. The highest BCUT2D eigenvalue weighted by atomic mass is 79.9. The van der Waals surface area contributed by atoms with Crippen LogP contribution in [0.4, 0.5) is 5.69 Å². The van der Waals surface area contributed by atoms with E-state index < -0.39 is 8.45 Å². The van der Waals surface area contributed by atoms with Crippen LogP contribution in [-0.2, 0) is 4.52 Å². The molecule has 0 spiro atoms. The molecule has 0 radical (unpaired) electrons. The largest absolute Gasteiger partial charge is 0.317 e. The van der Waals surface area contributed by atoms with Crippen LogP contribution in [0.1, 0.15) is 34.9 Å². The van der Waals surface area contributed by atoms with E-state index in [0.29, 0.717) is 6.04 Å². The van der Waals surface area contributed by atoms with Gasteiger partial charge < -0.3 is 9.19 Å². The van der Waals surface area contributed by atoms with Gasteiger partial charge in [-0.3, -0.25) is 0 Å². The minimum absolute atomic E-state index is 0.0646. The highest BCUT2D eigenvalue weighted by Gasteiger charge is 2.45. The fourth-order valence-electron chi connectivity index (χ4n) is 4.40. The van der Waals surface area contributed by atoms with Gasteiger partial charge in [0.1, 0.15) is 6.10 Å². The molecule has 3 nitrogen and oxygen atoms in total. The predicted molar refractivity (Wildman–Crippen MR) is 129 cm³/mol. The summed E-state index contributed by atoms with van der Waals surface area (Å²) in [5, 5.41) is 0. The number of halogens is 1. The fourth-order valence-corrected chi connectivity index (χ4v) is 7.68. The number of nitrogens with zero attached hydrogens (tertiary/aromatic N) is 2. The molecular weight excluding hydrogens is 455 g/mol. The van der Waals surface area contributed by atoms with E-state index in [1.807, 2.05) is 0 Å². The smallest absolute Gasteiger partial charge is 0.219 e. The summed E-state index contributed by atoms with van der Waals surface area (Å²) in [5.41, 5.74) is 3.71. The molecule has 3 aromatic carbocycles. The predicted octanol–water partition coefficient (Wildman–Crippen LogP) is 7.09. The average molecular weight is 481 g/mol. The van der Waals surface area contributed by atoms with Gasteiger partial charge in [-0.25, -0.2) is 4.67 Å². The highest BCUT2D eigenvalue weighted by Crippen LogP contribution is 2.60. The Kier molecular flexibility index (Phi) is 6.19. The van der Waals surface area contributed by atoms with E-state index in [4.69, 9.17) is 4.52 Å². The second-order valence-electron chi connectivity index (χ2n) is 7.88. The summed E-state index contributed by atoms with van der Waals surface area (Å²) in [6.45, 7) is 2.18. The first-order valence-electron chi connectivity index (χ1n) is 10.6. The topological polar surface area (TPSA) is 15.7 Å². The Hall–Kier alpha value is -1.71. The number of para-hydroxylation sites is 1. The van der Waals surface area contributed by atoms with Crippen molar-refractivity contribution in [3.8, 4) is 0 Å². The molecular formula is C25H26BrN2OP. The van der Waals surface area contributed by atoms with Gasteiger partial charge in [0.25, 0.3) is 0 Å². The molecule has 0 aliphatic carbocycles. The third kappa shape index (κ3) is 4.07. The Labute approximate surface area is 188 Å². The second kappa shape index (κ2) is 9.20. The van der Waals surface area contributed by atoms with Gasteiger partial charge in [-0.1, -0.05) is 94.8 Å². The molecule has 154 valence electrons. The van der Waals surface area contributed by atoms with Crippen LogP contribution in [0.5, 0.6) is 0 Å². The van der Waals surface area contributed by atoms with E-state index in [9.17, 15) is 0 Å². The van der Waals surface area contributed by atoms with Gasteiger partial charge in [-0.05, 0) is 36.1 Å². The molecule has 3 aromatic rings. The molecule has 2 heterocycles. The van der Waals surface area contributed by atoms with E-state index in [-0.39, 0.29) is 10.9 Å². The molecule has 2 aliphatic heterocycles. The first-order valence-corrected chi connectivity index (χ1v) is 12.7. The Morgan fingerprint density at radius 3 is 2.10 bits per heavy atom. The van der Waals surface area contributed by atoms with E-state index in [1.54, 1.807) is 0 Å². The Morgan fingerprint density at radius 2 is 1.43 bits per heavy atom. The maximum absolute atomic E-state index is 7.06. The summed E-state index contributed by atoms with van der Waals surface area (Å²) in [5.74, 6) is 0. The van der Waals surface area contributed by atoms with Gasteiger partial charge in [-0.15, -0.1) is 0 Å². The van der Waals surface area contributed by atoms with Crippen molar-refractivity contribution in [3.63, 3.8) is 0 Å².